The number of nitrogens with one attached hydrogen (secondary N) is 1. The Balaban J connectivity index is 1.63. The normalized spacial score (nSPS) is 19.0. The third-order valence-corrected chi connectivity index (χ3v) is 4.51. The molecule has 6 heteroatoms. The fourth-order valence-corrected chi connectivity index (χ4v) is 2.98. The first kappa shape index (κ1) is 18.0. The van der Waals surface area contributed by atoms with E-state index in [4.69, 9.17) is 16.3 Å². The minimum atomic E-state index is -0.943. The Kier molecular flexibility index (Phi) is 5.58. The van der Waals surface area contributed by atoms with Gasteiger partial charge in [-0.25, -0.2) is 0 Å². The second-order valence-electron chi connectivity index (χ2n) is 6.06. The van der Waals surface area contributed by atoms with Crippen LogP contribution in [-0.4, -0.2) is 17.0 Å². The Labute approximate surface area is 156 Å². The van der Waals surface area contributed by atoms with Crippen LogP contribution in [0.3, 0.4) is 0 Å². The van der Waals surface area contributed by atoms with Gasteiger partial charge in [-0.3, -0.25) is 9.59 Å². The van der Waals surface area contributed by atoms with Gasteiger partial charge in [0, 0.05) is 10.7 Å². The predicted octanol–water partition coefficient (Wildman–Crippen LogP) is 4.74. The van der Waals surface area contributed by atoms with Crippen molar-refractivity contribution in [3.8, 4) is 11.5 Å². The minimum Gasteiger partial charge on any atom is -0.481 e. The topological polar surface area (TPSA) is 75.6 Å². The van der Waals surface area contributed by atoms with E-state index in [0.717, 1.165) is 0 Å². The molecule has 0 fully saturated rings. The summed E-state index contributed by atoms with van der Waals surface area (Å²) < 4.78 is 5.70. The number of carboxylic acids is 1. The number of carboxylic acid groups (broad SMARTS) is 1. The molecule has 1 aliphatic carbocycles. The van der Waals surface area contributed by atoms with E-state index in [1.165, 1.54) is 0 Å². The van der Waals surface area contributed by atoms with Gasteiger partial charge in [0.1, 0.15) is 11.5 Å². The molecule has 0 unspecified atom stereocenters. The molecule has 0 heterocycles. The molecular weight excluding hydrogens is 354 g/mol. The Morgan fingerprint density at radius 1 is 0.923 bits per heavy atom. The molecule has 2 aromatic rings. The standard InChI is InChI=1S/C20H18ClNO4/c21-13-5-9-15(10-6-13)26-16-11-7-14(8-12-16)22-19(23)17-3-1-2-4-18(17)20(24)25/h1-2,5-12,17-18H,3-4H2,(H,22,23)(H,24,25)/t17-,18-/m0/s1. The number of amides is 1. The summed E-state index contributed by atoms with van der Waals surface area (Å²) in [4.78, 5) is 23.8. The van der Waals surface area contributed by atoms with Gasteiger partial charge in [-0.1, -0.05) is 23.8 Å². The van der Waals surface area contributed by atoms with Crippen molar-refractivity contribution in [1.82, 2.24) is 0 Å². The lowest BCUT2D eigenvalue weighted by molar-refractivity contribution is -0.146. The first-order valence-electron chi connectivity index (χ1n) is 8.25. The summed E-state index contributed by atoms with van der Waals surface area (Å²) in [7, 11) is 0. The fourth-order valence-electron chi connectivity index (χ4n) is 2.86. The molecule has 0 radical (unpaired) electrons. The lowest BCUT2D eigenvalue weighted by atomic mass is 9.82. The van der Waals surface area contributed by atoms with Gasteiger partial charge >= 0.3 is 5.97 Å². The van der Waals surface area contributed by atoms with Crippen molar-refractivity contribution < 1.29 is 19.4 Å². The number of hydrogen-bond acceptors (Lipinski definition) is 3. The molecule has 2 atom stereocenters. The van der Waals surface area contributed by atoms with Crippen molar-refractivity contribution in [3.05, 3.63) is 65.7 Å². The molecule has 26 heavy (non-hydrogen) atoms. The van der Waals surface area contributed by atoms with Gasteiger partial charge in [0.15, 0.2) is 0 Å². The van der Waals surface area contributed by atoms with E-state index in [9.17, 15) is 14.7 Å². The number of halogens is 1. The highest BCUT2D eigenvalue weighted by atomic mass is 35.5. The van der Waals surface area contributed by atoms with E-state index in [1.807, 2.05) is 12.2 Å². The molecule has 0 saturated carbocycles. The van der Waals surface area contributed by atoms with Gasteiger partial charge in [-0.05, 0) is 61.4 Å². The predicted molar refractivity (Wildman–Crippen MR) is 99.6 cm³/mol. The largest absolute Gasteiger partial charge is 0.481 e. The van der Waals surface area contributed by atoms with Gasteiger partial charge in [-0.2, -0.15) is 0 Å². The van der Waals surface area contributed by atoms with E-state index >= 15 is 0 Å². The number of ether oxygens (including phenoxy) is 1. The summed E-state index contributed by atoms with van der Waals surface area (Å²) >= 11 is 5.84. The van der Waals surface area contributed by atoms with Crippen LogP contribution < -0.4 is 10.1 Å². The summed E-state index contributed by atoms with van der Waals surface area (Å²) in [5.41, 5.74) is 0.595. The van der Waals surface area contributed by atoms with Crippen molar-refractivity contribution in [2.45, 2.75) is 12.8 Å². The third-order valence-electron chi connectivity index (χ3n) is 4.26. The van der Waals surface area contributed by atoms with Crippen LogP contribution in [-0.2, 0) is 9.59 Å². The quantitative estimate of drug-likeness (QED) is 0.744. The molecule has 0 saturated heterocycles. The number of rotatable bonds is 5. The molecule has 0 bridgehead atoms. The number of anilines is 1. The average Bonchev–Trinajstić information content (AvgIpc) is 2.65. The molecule has 0 aromatic heterocycles. The molecule has 1 amide bonds. The van der Waals surface area contributed by atoms with Crippen molar-refractivity contribution >= 4 is 29.2 Å². The summed E-state index contributed by atoms with van der Waals surface area (Å²) in [6.07, 6.45) is 4.47. The second kappa shape index (κ2) is 8.06. The molecule has 0 spiro atoms. The van der Waals surface area contributed by atoms with E-state index in [1.54, 1.807) is 48.5 Å². The summed E-state index contributed by atoms with van der Waals surface area (Å²) in [6.45, 7) is 0. The Morgan fingerprint density at radius 2 is 1.46 bits per heavy atom. The van der Waals surface area contributed by atoms with Crippen LogP contribution in [0, 0.1) is 11.8 Å². The maximum Gasteiger partial charge on any atom is 0.307 e. The fraction of sp³-hybridized carbons (Fsp3) is 0.200. The zero-order valence-electron chi connectivity index (χ0n) is 13.9. The van der Waals surface area contributed by atoms with Crippen molar-refractivity contribution in [1.29, 1.82) is 0 Å². The summed E-state index contributed by atoms with van der Waals surface area (Å²) in [5.74, 6) is -1.21. The van der Waals surface area contributed by atoms with Crippen molar-refractivity contribution in [3.63, 3.8) is 0 Å². The Hall–Kier alpha value is -2.79. The second-order valence-corrected chi connectivity index (χ2v) is 6.50. The van der Waals surface area contributed by atoms with Crippen LogP contribution in [0.1, 0.15) is 12.8 Å². The lowest BCUT2D eigenvalue weighted by Crippen LogP contribution is -2.34. The molecule has 0 aliphatic heterocycles. The highest BCUT2D eigenvalue weighted by Crippen LogP contribution is 2.28. The maximum absolute atomic E-state index is 12.4. The van der Waals surface area contributed by atoms with Gasteiger partial charge in [0.2, 0.25) is 5.91 Å². The van der Waals surface area contributed by atoms with Gasteiger partial charge in [-0.15, -0.1) is 0 Å². The number of aliphatic carboxylic acids is 1. The van der Waals surface area contributed by atoms with E-state index in [-0.39, 0.29) is 5.91 Å². The highest BCUT2D eigenvalue weighted by molar-refractivity contribution is 6.30. The SMILES string of the molecule is O=C(O)[C@H]1CC=CC[C@@H]1C(=O)Nc1ccc(Oc2ccc(Cl)cc2)cc1. The number of carbonyl (C=O) groups is 2. The molecule has 1 aliphatic rings. The lowest BCUT2D eigenvalue weighted by Gasteiger charge is -2.24. The number of benzene rings is 2. The molecule has 3 rings (SSSR count). The van der Waals surface area contributed by atoms with Crippen LogP contribution in [0.2, 0.25) is 5.02 Å². The Bertz CT molecular complexity index is 815. The van der Waals surface area contributed by atoms with E-state index in [2.05, 4.69) is 5.32 Å². The van der Waals surface area contributed by atoms with Crippen LogP contribution in [0.15, 0.2) is 60.7 Å². The molecule has 5 nitrogen and oxygen atoms in total. The first-order valence-corrected chi connectivity index (χ1v) is 8.63. The van der Waals surface area contributed by atoms with Crippen LogP contribution in [0.25, 0.3) is 0 Å². The third kappa shape index (κ3) is 4.43. The molecular formula is C20H18ClNO4. The molecule has 2 N–H and O–H groups in total. The summed E-state index contributed by atoms with van der Waals surface area (Å²) in [6, 6.07) is 13.9. The van der Waals surface area contributed by atoms with E-state index < -0.39 is 17.8 Å². The number of carbonyl (C=O) groups excluding carboxylic acids is 1. The van der Waals surface area contributed by atoms with Gasteiger partial charge in [0.25, 0.3) is 0 Å². The minimum absolute atomic E-state index is 0.284. The number of hydrogen-bond donors (Lipinski definition) is 2. The summed E-state index contributed by atoms with van der Waals surface area (Å²) in [5, 5.41) is 12.7. The zero-order chi connectivity index (χ0) is 18.5. The average molecular weight is 372 g/mol. The Morgan fingerprint density at radius 3 is 2.04 bits per heavy atom. The molecule has 134 valence electrons. The van der Waals surface area contributed by atoms with Gasteiger partial charge in [0.05, 0.1) is 11.8 Å². The van der Waals surface area contributed by atoms with E-state index in [0.29, 0.717) is 35.1 Å². The first-order chi connectivity index (χ1) is 12.5. The zero-order valence-corrected chi connectivity index (χ0v) is 14.6. The monoisotopic (exact) mass is 371 g/mol. The number of allylic oxidation sites excluding steroid dienone is 2. The maximum atomic E-state index is 12.4. The molecule has 2 aromatic carbocycles. The van der Waals surface area contributed by atoms with Crippen LogP contribution >= 0.6 is 11.6 Å². The highest BCUT2D eigenvalue weighted by Gasteiger charge is 2.33. The van der Waals surface area contributed by atoms with Crippen LogP contribution in [0.4, 0.5) is 5.69 Å². The van der Waals surface area contributed by atoms with Crippen LogP contribution in [0.5, 0.6) is 11.5 Å². The van der Waals surface area contributed by atoms with Crippen molar-refractivity contribution in [2.75, 3.05) is 5.32 Å². The smallest absolute Gasteiger partial charge is 0.307 e. The van der Waals surface area contributed by atoms with Gasteiger partial charge < -0.3 is 15.2 Å². The van der Waals surface area contributed by atoms with Crippen molar-refractivity contribution in [2.24, 2.45) is 11.8 Å².